The van der Waals surface area contributed by atoms with Crippen molar-refractivity contribution < 1.29 is 44.3 Å². The summed E-state index contributed by atoms with van der Waals surface area (Å²) >= 11 is 0. The minimum Gasteiger partial charge on any atom is -0.481 e. The fourth-order valence-electron chi connectivity index (χ4n) is 2.06. The molecule has 1 aromatic rings. The molecule has 0 radical (unpaired) electrons. The maximum Gasteiger partial charge on any atom is 0.307 e. The fourth-order valence-corrected chi connectivity index (χ4v) is 2.06. The van der Waals surface area contributed by atoms with E-state index in [0.29, 0.717) is 23.2 Å². The molecule has 1 aromatic carbocycles. The van der Waals surface area contributed by atoms with Crippen LogP contribution in [0.5, 0.6) is 0 Å². The van der Waals surface area contributed by atoms with Gasteiger partial charge in [0, 0.05) is 19.5 Å². The Bertz CT molecular complexity index is 724. The third-order valence-electron chi connectivity index (χ3n) is 3.12. The number of nitrogens with one attached hydrogen (secondary N) is 1. The van der Waals surface area contributed by atoms with Gasteiger partial charge in [-0.05, 0) is 22.8 Å². The molecule has 0 aliphatic rings. The zero-order valence-corrected chi connectivity index (χ0v) is 16.0. The van der Waals surface area contributed by atoms with Crippen molar-refractivity contribution in [1.82, 2.24) is 5.32 Å². The zero-order valence-electron chi connectivity index (χ0n) is 16.0. The van der Waals surface area contributed by atoms with Gasteiger partial charge in [-0.15, -0.1) is 0 Å². The Morgan fingerprint density at radius 3 is 2.14 bits per heavy atom. The van der Waals surface area contributed by atoms with Gasteiger partial charge in [-0.1, -0.05) is 18.2 Å². The largest absolute Gasteiger partial charge is 0.481 e. The summed E-state index contributed by atoms with van der Waals surface area (Å²) in [5, 5.41) is 36.4. The smallest absolute Gasteiger partial charge is 0.307 e. The number of aliphatic hydroxyl groups is 1. The van der Waals surface area contributed by atoms with Crippen LogP contribution in [0.4, 0.5) is 0 Å². The van der Waals surface area contributed by atoms with Crippen LogP contribution in [0.25, 0.3) is 6.08 Å². The molecule has 0 fully saturated rings. The van der Waals surface area contributed by atoms with Crippen LogP contribution in [0.3, 0.4) is 0 Å². The number of hydrogen-bond donors (Lipinski definition) is 5. The van der Waals surface area contributed by atoms with Crippen molar-refractivity contribution in [2.75, 3.05) is 26.4 Å². The lowest BCUT2D eigenvalue weighted by molar-refractivity contribution is -0.137. The predicted octanol–water partition coefficient (Wildman–Crippen LogP) is 0.170. The average Bonchev–Trinajstić information content (AvgIpc) is 2.60. The topological polar surface area (TPSA) is 170 Å². The molecule has 0 bridgehead atoms. The quantitative estimate of drug-likeness (QED) is 0.251. The lowest BCUT2D eigenvalue weighted by Crippen LogP contribution is -2.25. The Kier molecular flexibility index (Phi) is 13.1. The van der Waals surface area contributed by atoms with Crippen LogP contribution in [-0.2, 0) is 36.8 Å². The molecule has 10 heteroatoms. The van der Waals surface area contributed by atoms with E-state index in [4.69, 9.17) is 30.0 Å². The summed E-state index contributed by atoms with van der Waals surface area (Å²) in [5.41, 5.74) is 1.42. The number of aliphatic carboxylic acids is 3. The monoisotopic (exact) mass is 411 g/mol. The molecule has 0 atom stereocenters. The number of carboxylic acid groups (broad SMARTS) is 3. The Hall–Kier alpha value is -3.24. The number of benzene rings is 1. The highest BCUT2D eigenvalue weighted by molar-refractivity contribution is 5.91. The van der Waals surface area contributed by atoms with E-state index < -0.39 is 17.9 Å². The fraction of sp³-hybridized carbons (Fsp3) is 0.368. The van der Waals surface area contributed by atoms with E-state index in [0.717, 1.165) is 6.92 Å². The summed E-state index contributed by atoms with van der Waals surface area (Å²) < 4.78 is 5.00. The van der Waals surface area contributed by atoms with Crippen molar-refractivity contribution in [1.29, 1.82) is 0 Å². The lowest BCUT2D eigenvalue weighted by Gasteiger charge is -2.07. The Morgan fingerprint density at radius 2 is 1.59 bits per heavy atom. The summed E-state index contributed by atoms with van der Waals surface area (Å²) in [6.45, 7) is 1.79. The second-order valence-electron chi connectivity index (χ2n) is 5.65. The first-order valence-electron chi connectivity index (χ1n) is 8.55. The molecule has 0 aromatic heterocycles. The molecule has 160 valence electrons. The van der Waals surface area contributed by atoms with Gasteiger partial charge in [0.1, 0.15) is 0 Å². The van der Waals surface area contributed by atoms with Crippen molar-refractivity contribution >= 4 is 29.9 Å². The first-order valence-corrected chi connectivity index (χ1v) is 8.55. The number of ether oxygens (including phenoxy) is 1. The molecule has 10 nitrogen and oxygen atoms in total. The normalized spacial score (nSPS) is 10.1. The van der Waals surface area contributed by atoms with Crippen LogP contribution in [0, 0.1) is 0 Å². The summed E-state index contributed by atoms with van der Waals surface area (Å²) in [6.07, 6.45) is 2.25. The van der Waals surface area contributed by atoms with E-state index in [1.807, 2.05) is 0 Å². The molecule has 1 rings (SSSR count). The van der Waals surface area contributed by atoms with Crippen molar-refractivity contribution in [2.45, 2.75) is 19.8 Å². The summed E-state index contributed by atoms with van der Waals surface area (Å²) in [5.74, 6) is -3.28. The molecule has 0 spiro atoms. The van der Waals surface area contributed by atoms with Crippen molar-refractivity contribution in [2.24, 2.45) is 0 Å². The third kappa shape index (κ3) is 14.5. The summed E-state index contributed by atoms with van der Waals surface area (Å²) in [4.78, 5) is 42.4. The summed E-state index contributed by atoms with van der Waals surface area (Å²) in [7, 11) is 0. The van der Waals surface area contributed by atoms with Crippen LogP contribution in [0.2, 0.25) is 0 Å². The van der Waals surface area contributed by atoms with E-state index in [-0.39, 0.29) is 38.6 Å². The van der Waals surface area contributed by atoms with Crippen molar-refractivity contribution in [3.63, 3.8) is 0 Å². The average molecular weight is 411 g/mol. The van der Waals surface area contributed by atoms with Gasteiger partial charge in [0.25, 0.3) is 5.97 Å². The number of carbonyl (C=O) groups is 4. The number of hydrogen-bond acceptors (Lipinski definition) is 6. The molecule has 29 heavy (non-hydrogen) atoms. The third-order valence-corrected chi connectivity index (χ3v) is 3.12. The van der Waals surface area contributed by atoms with Crippen molar-refractivity contribution in [3.05, 3.63) is 41.0 Å². The van der Waals surface area contributed by atoms with E-state index in [9.17, 15) is 14.4 Å². The highest BCUT2D eigenvalue weighted by atomic mass is 16.5. The maximum absolute atomic E-state index is 11.6. The van der Waals surface area contributed by atoms with Gasteiger partial charge >= 0.3 is 11.9 Å². The van der Waals surface area contributed by atoms with Crippen LogP contribution < -0.4 is 5.32 Å². The molecular formula is C19H25NO9. The van der Waals surface area contributed by atoms with E-state index in [2.05, 4.69) is 5.32 Å². The van der Waals surface area contributed by atoms with Crippen LogP contribution in [0.1, 0.15) is 23.6 Å². The highest BCUT2D eigenvalue weighted by Crippen LogP contribution is 2.15. The Labute approximate surface area is 167 Å². The minimum absolute atomic E-state index is 0.0790. The van der Waals surface area contributed by atoms with Crippen molar-refractivity contribution in [3.8, 4) is 0 Å². The number of carbonyl (C=O) groups excluding carboxylic acids is 1. The first kappa shape index (κ1) is 25.8. The van der Waals surface area contributed by atoms with Gasteiger partial charge in [0.15, 0.2) is 0 Å². The van der Waals surface area contributed by atoms with E-state index in [1.54, 1.807) is 18.2 Å². The van der Waals surface area contributed by atoms with Gasteiger partial charge in [0.05, 0.1) is 32.7 Å². The molecule has 1 amide bonds. The summed E-state index contributed by atoms with van der Waals surface area (Å²) in [6, 6.07) is 4.73. The number of carboxylic acids is 3. The van der Waals surface area contributed by atoms with E-state index in [1.165, 1.54) is 12.2 Å². The zero-order chi connectivity index (χ0) is 22.2. The Balaban J connectivity index is 0.00000178. The van der Waals surface area contributed by atoms with Crippen LogP contribution >= 0.6 is 0 Å². The second kappa shape index (κ2) is 14.8. The molecule has 0 saturated carbocycles. The number of aliphatic hydroxyl groups excluding tert-OH is 1. The molecule has 0 aliphatic carbocycles. The number of amides is 1. The molecule has 5 N–H and O–H groups in total. The lowest BCUT2D eigenvalue weighted by atomic mass is 9.98. The molecule has 0 aliphatic heterocycles. The minimum atomic E-state index is -1.06. The van der Waals surface area contributed by atoms with Gasteiger partial charge < -0.3 is 30.5 Å². The predicted molar refractivity (Wildman–Crippen MR) is 102 cm³/mol. The van der Waals surface area contributed by atoms with Gasteiger partial charge in [-0.2, -0.15) is 0 Å². The second-order valence-corrected chi connectivity index (χ2v) is 5.65. The van der Waals surface area contributed by atoms with Gasteiger partial charge in [-0.25, -0.2) is 0 Å². The SMILES string of the molecule is CC(=O)O.O=C(O)Cc1ccc(/C=C/C(=O)NCCOCCO)cc1CC(=O)O. The van der Waals surface area contributed by atoms with Gasteiger partial charge in [0.2, 0.25) is 5.91 Å². The molecule has 0 heterocycles. The van der Waals surface area contributed by atoms with E-state index >= 15 is 0 Å². The Morgan fingerprint density at radius 1 is 1.00 bits per heavy atom. The molecular weight excluding hydrogens is 386 g/mol. The molecule has 0 saturated heterocycles. The standard InChI is InChI=1S/C17H21NO7.C2H4O2/c19-6-8-25-7-5-18-15(20)4-2-12-1-3-13(10-16(21)22)14(9-12)11-17(23)24;1-2(3)4/h1-4,9,19H,5-8,10-11H2,(H,18,20)(H,21,22)(H,23,24);1H3,(H,3,4)/b4-2+;. The highest BCUT2D eigenvalue weighted by Gasteiger charge is 2.10. The molecule has 0 unspecified atom stereocenters. The van der Waals surface area contributed by atoms with Crippen LogP contribution in [-0.4, -0.2) is 70.6 Å². The number of rotatable bonds is 11. The maximum atomic E-state index is 11.6. The first-order chi connectivity index (χ1) is 13.6. The van der Waals surface area contributed by atoms with Gasteiger partial charge in [-0.3, -0.25) is 19.2 Å². The van der Waals surface area contributed by atoms with Crippen LogP contribution in [0.15, 0.2) is 24.3 Å².